The van der Waals surface area contributed by atoms with Crippen molar-refractivity contribution in [3.63, 3.8) is 0 Å². The molecule has 0 bridgehead atoms. The maximum Gasteiger partial charge on any atom is 0.241 e. The summed E-state index contributed by atoms with van der Waals surface area (Å²) in [6, 6.07) is 3.10. The molecule has 106 valence electrons. The van der Waals surface area contributed by atoms with Crippen LogP contribution >= 0.6 is 11.8 Å². The maximum atomic E-state index is 12.3. The molecule has 0 saturated heterocycles. The molecule has 1 aliphatic rings. The summed E-state index contributed by atoms with van der Waals surface area (Å²) in [5.41, 5.74) is 0. The van der Waals surface area contributed by atoms with Crippen LogP contribution in [0.25, 0.3) is 0 Å². The van der Waals surface area contributed by atoms with Gasteiger partial charge < -0.3 is 5.32 Å². The van der Waals surface area contributed by atoms with Gasteiger partial charge in [0.25, 0.3) is 0 Å². The van der Waals surface area contributed by atoms with E-state index < -0.39 is 10.0 Å². The third kappa shape index (κ3) is 3.40. The number of sulfonamides is 1. The predicted molar refractivity (Wildman–Crippen MR) is 79.0 cm³/mol. The molecule has 2 atom stereocenters. The highest BCUT2D eigenvalue weighted by Crippen LogP contribution is 2.29. The van der Waals surface area contributed by atoms with Crippen LogP contribution in [0.4, 0.5) is 5.82 Å². The van der Waals surface area contributed by atoms with Crippen LogP contribution in [-0.2, 0) is 10.0 Å². The normalized spacial score (nSPS) is 23.5. The number of nitrogens with zero attached hydrogens (tertiary/aromatic N) is 1. The number of anilines is 1. The van der Waals surface area contributed by atoms with Gasteiger partial charge in [0.15, 0.2) is 0 Å². The van der Waals surface area contributed by atoms with Crippen LogP contribution in [0.3, 0.4) is 0 Å². The first-order valence-electron chi connectivity index (χ1n) is 6.26. The van der Waals surface area contributed by atoms with Gasteiger partial charge in [0, 0.05) is 30.6 Å². The van der Waals surface area contributed by atoms with Gasteiger partial charge in [0.05, 0.1) is 4.90 Å². The molecular weight excluding hydrogens is 282 g/mol. The van der Waals surface area contributed by atoms with Gasteiger partial charge in [-0.15, -0.1) is 0 Å². The summed E-state index contributed by atoms with van der Waals surface area (Å²) in [5, 5.41) is 3.22. The number of thioether (sulfide) groups is 1. The molecule has 2 N–H and O–H groups in total. The molecule has 0 spiro atoms. The molecule has 1 heterocycles. The highest BCUT2D eigenvalue weighted by atomic mass is 32.2. The second-order valence-corrected chi connectivity index (χ2v) is 7.35. The quantitative estimate of drug-likeness (QED) is 0.866. The lowest BCUT2D eigenvalue weighted by Crippen LogP contribution is -2.38. The Hall–Kier alpha value is -0.790. The number of hydrogen-bond donors (Lipinski definition) is 2. The Morgan fingerprint density at radius 3 is 2.89 bits per heavy atom. The van der Waals surface area contributed by atoms with Gasteiger partial charge in [-0.05, 0) is 25.2 Å². The Bertz CT molecular complexity index is 534. The summed E-state index contributed by atoms with van der Waals surface area (Å²) in [6.45, 7) is 0. The van der Waals surface area contributed by atoms with Gasteiger partial charge in [-0.3, -0.25) is 0 Å². The standard InChI is InChI=1S/C12H19N3O2S2/c1-13-12-8-9(6-7-14-12)19(16,17)15-10-4-3-5-11(10)18-2/h6-8,10-11,15H,3-5H2,1-2H3,(H,13,14). The van der Waals surface area contributed by atoms with Crippen LogP contribution in [0.15, 0.2) is 23.2 Å². The van der Waals surface area contributed by atoms with Crippen molar-refractivity contribution in [1.82, 2.24) is 9.71 Å². The lowest BCUT2D eigenvalue weighted by Gasteiger charge is -2.19. The fourth-order valence-corrected chi connectivity index (χ4v) is 4.67. The second-order valence-electron chi connectivity index (χ2n) is 4.56. The van der Waals surface area contributed by atoms with Crippen molar-refractivity contribution in [2.45, 2.75) is 35.4 Å². The molecule has 1 saturated carbocycles. The Kier molecular flexibility index (Phi) is 4.70. The summed E-state index contributed by atoms with van der Waals surface area (Å²) in [4.78, 5) is 4.29. The smallest absolute Gasteiger partial charge is 0.241 e. The van der Waals surface area contributed by atoms with Crippen molar-refractivity contribution in [3.8, 4) is 0 Å². The Morgan fingerprint density at radius 2 is 2.21 bits per heavy atom. The molecule has 1 aliphatic carbocycles. The van der Waals surface area contributed by atoms with Gasteiger partial charge in [-0.2, -0.15) is 11.8 Å². The highest BCUT2D eigenvalue weighted by Gasteiger charge is 2.30. The summed E-state index contributed by atoms with van der Waals surface area (Å²) in [5.74, 6) is 0.552. The Morgan fingerprint density at radius 1 is 1.42 bits per heavy atom. The van der Waals surface area contributed by atoms with Crippen molar-refractivity contribution in [2.24, 2.45) is 0 Å². The minimum absolute atomic E-state index is 0.0335. The van der Waals surface area contributed by atoms with E-state index in [9.17, 15) is 8.42 Å². The summed E-state index contributed by atoms with van der Waals surface area (Å²) in [6.07, 6.45) is 6.60. The van der Waals surface area contributed by atoms with E-state index in [2.05, 4.69) is 15.0 Å². The number of nitrogens with one attached hydrogen (secondary N) is 2. The predicted octanol–water partition coefficient (Wildman–Crippen LogP) is 1.69. The number of hydrogen-bond acceptors (Lipinski definition) is 5. The van der Waals surface area contributed by atoms with Crippen LogP contribution in [0.5, 0.6) is 0 Å². The van der Waals surface area contributed by atoms with Crippen LogP contribution in [-0.4, -0.2) is 38.0 Å². The molecule has 5 nitrogen and oxygen atoms in total. The number of aromatic nitrogens is 1. The minimum Gasteiger partial charge on any atom is -0.373 e. The zero-order valence-corrected chi connectivity index (χ0v) is 12.7. The van der Waals surface area contributed by atoms with Crippen LogP contribution in [0, 0.1) is 0 Å². The van der Waals surface area contributed by atoms with Crippen LogP contribution < -0.4 is 10.0 Å². The molecule has 7 heteroatoms. The fraction of sp³-hybridized carbons (Fsp3) is 0.583. The van der Waals surface area contributed by atoms with Crippen molar-refractivity contribution < 1.29 is 8.42 Å². The largest absolute Gasteiger partial charge is 0.373 e. The second kappa shape index (κ2) is 6.11. The van der Waals surface area contributed by atoms with Crippen molar-refractivity contribution >= 4 is 27.6 Å². The highest BCUT2D eigenvalue weighted by molar-refractivity contribution is 7.99. The zero-order valence-electron chi connectivity index (χ0n) is 11.1. The summed E-state index contributed by atoms with van der Waals surface area (Å²) >= 11 is 1.73. The van der Waals surface area contributed by atoms with E-state index in [1.165, 1.54) is 12.3 Å². The van der Waals surface area contributed by atoms with E-state index in [0.717, 1.165) is 19.3 Å². The van der Waals surface area contributed by atoms with Crippen molar-refractivity contribution in [2.75, 3.05) is 18.6 Å². The number of rotatable bonds is 5. The van der Waals surface area contributed by atoms with Crippen molar-refractivity contribution in [3.05, 3.63) is 18.3 Å². The lowest BCUT2D eigenvalue weighted by molar-refractivity contribution is 0.555. The maximum absolute atomic E-state index is 12.3. The van der Waals surface area contributed by atoms with Gasteiger partial charge in [0.1, 0.15) is 5.82 Å². The molecule has 19 heavy (non-hydrogen) atoms. The van der Waals surface area contributed by atoms with E-state index >= 15 is 0 Å². The van der Waals surface area contributed by atoms with E-state index in [-0.39, 0.29) is 10.9 Å². The average Bonchev–Trinajstić information content (AvgIpc) is 2.85. The van der Waals surface area contributed by atoms with Gasteiger partial charge in [-0.25, -0.2) is 18.1 Å². The summed E-state index contributed by atoms with van der Waals surface area (Å²) in [7, 11) is -1.75. The molecule has 0 aromatic carbocycles. The molecular formula is C12H19N3O2S2. The monoisotopic (exact) mass is 301 g/mol. The molecule has 0 radical (unpaired) electrons. The lowest BCUT2D eigenvalue weighted by atomic mass is 10.3. The molecule has 0 aliphatic heterocycles. The van der Waals surface area contributed by atoms with Crippen LogP contribution in [0.1, 0.15) is 19.3 Å². The van der Waals surface area contributed by atoms with Gasteiger partial charge in [-0.1, -0.05) is 6.42 Å². The molecule has 1 fully saturated rings. The topological polar surface area (TPSA) is 71.1 Å². The molecule has 1 aromatic rings. The SMILES string of the molecule is CNc1cc(S(=O)(=O)NC2CCCC2SC)ccn1. The van der Waals surface area contributed by atoms with E-state index in [1.54, 1.807) is 24.9 Å². The Balaban J connectivity index is 2.17. The third-order valence-electron chi connectivity index (χ3n) is 3.36. The first kappa shape index (κ1) is 14.6. The molecule has 2 rings (SSSR count). The third-order valence-corrected chi connectivity index (χ3v) is 6.02. The van der Waals surface area contributed by atoms with E-state index in [0.29, 0.717) is 11.1 Å². The van der Waals surface area contributed by atoms with E-state index in [1.807, 2.05) is 6.26 Å². The molecule has 2 unspecified atom stereocenters. The van der Waals surface area contributed by atoms with Gasteiger partial charge >= 0.3 is 0 Å². The average molecular weight is 301 g/mol. The van der Waals surface area contributed by atoms with Crippen LogP contribution in [0.2, 0.25) is 0 Å². The molecule has 1 aromatic heterocycles. The zero-order chi connectivity index (χ0) is 13.9. The number of pyridine rings is 1. The fourth-order valence-electron chi connectivity index (χ4n) is 2.33. The molecule has 0 amide bonds. The minimum atomic E-state index is -3.46. The van der Waals surface area contributed by atoms with Gasteiger partial charge in [0.2, 0.25) is 10.0 Å². The Labute approximate surface area is 118 Å². The first-order valence-corrected chi connectivity index (χ1v) is 9.03. The summed E-state index contributed by atoms with van der Waals surface area (Å²) < 4.78 is 27.5. The van der Waals surface area contributed by atoms with Crippen molar-refractivity contribution in [1.29, 1.82) is 0 Å². The first-order chi connectivity index (χ1) is 9.06. The van der Waals surface area contributed by atoms with E-state index in [4.69, 9.17) is 0 Å².